The molecule has 2 aromatic carbocycles. The highest BCUT2D eigenvalue weighted by molar-refractivity contribution is 5.77. The fraction of sp³-hybridized carbons (Fsp3) is 0.280. The lowest BCUT2D eigenvalue weighted by atomic mass is 9.87. The second-order valence-electron chi connectivity index (χ2n) is 8.37. The summed E-state index contributed by atoms with van der Waals surface area (Å²) in [5, 5.41) is 6.36. The van der Waals surface area contributed by atoms with E-state index in [1.54, 1.807) is 31.5 Å². The number of carbonyl (C=O) groups excluding carboxylic acids is 1. The standard InChI is InChI=1S/C25H25FN6O2/c1-34-19-12-8-17(9-13-19)28-24-27-14-22-23(31-24)32(18-10-6-16(15-33)7-11-18)25(30-22)29-21-5-3-2-4-20(21)26/h2-5,8-9,12-16,18H,6-7,10-11H2,1H3,(H,29,30)(H,27,28,31). The smallest absolute Gasteiger partial charge is 0.229 e. The summed E-state index contributed by atoms with van der Waals surface area (Å²) in [4.78, 5) is 25.1. The molecule has 1 saturated carbocycles. The lowest BCUT2D eigenvalue weighted by molar-refractivity contribution is -0.112. The Labute approximate surface area is 196 Å². The van der Waals surface area contributed by atoms with Crippen LogP contribution in [0.2, 0.25) is 0 Å². The zero-order valence-corrected chi connectivity index (χ0v) is 18.7. The number of nitrogens with zero attached hydrogens (tertiary/aromatic N) is 4. The number of carbonyl (C=O) groups is 1. The number of fused-ring (bicyclic) bond motifs is 1. The van der Waals surface area contributed by atoms with Crippen molar-refractivity contribution in [2.24, 2.45) is 5.92 Å². The number of methoxy groups -OCH3 is 1. The Morgan fingerprint density at radius 1 is 1.03 bits per heavy atom. The molecule has 1 fully saturated rings. The lowest BCUT2D eigenvalue weighted by Gasteiger charge is -2.28. The van der Waals surface area contributed by atoms with Gasteiger partial charge in [-0.3, -0.25) is 4.57 Å². The molecule has 0 unspecified atom stereocenters. The molecule has 0 saturated heterocycles. The van der Waals surface area contributed by atoms with Crippen molar-refractivity contribution < 1.29 is 13.9 Å². The molecule has 0 aliphatic heterocycles. The molecule has 0 radical (unpaired) electrons. The van der Waals surface area contributed by atoms with Crippen LogP contribution in [0.4, 0.5) is 27.7 Å². The van der Waals surface area contributed by atoms with Gasteiger partial charge in [-0.15, -0.1) is 0 Å². The Kier molecular flexibility index (Phi) is 6.07. The van der Waals surface area contributed by atoms with Crippen LogP contribution in [0.25, 0.3) is 11.2 Å². The minimum atomic E-state index is -0.362. The predicted octanol–water partition coefficient (Wildman–Crippen LogP) is 5.39. The number of nitrogens with one attached hydrogen (secondary N) is 2. The third kappa shape index (κ3) is 4.41. The predicted molar refractivity (Wildman–Crippen MR) is 128 cm³/mol. The summed E-state index contributed by atoms with van der Waals surface area (Å²) < 4.78 is 21.6. The van der Waals surface area contributed by atoms with E-state index < -0.39 is 0 Å². The Hall–Kier alpha value is -4.01. The molecule has 0 amide bonds. The van der Waals surface area contributed by atoms with Gasteiger partial charge < -0.3 is 20.2 Å². The van der Waals surface area contributed by atoms with Gasteiger partial charge in [0.15, 0.2) is 5.65 Å². The number of hydrogen-bond donors (Lipinski definition) is 2. The number of benzene rings is 2. The van der Waals surface area contributed by atoms with Crippen molar-refractivity contribution in [3.63, 3.8) is 0 Å². The molecule has 8 nitrogen and oxygen atoms in total. The van der Waals surface area contributed by atoms with E-state index in [0.717, 1.165) is 43.4 Å². The first kappa shape index (κ1) is 21.8. The fourth-order valence-electron chi connectivity index (χ4n) is 4.37. The van der Waals surface area contributed by atoms with Crippen LogP contribution in [-0.2, 0) is 4.79 Å². The molecule has 5 rings (SSSR count). The van der Waals surface area contributed by atoms with E-state index in [4.69, 9.17) is 9.72 Å². The summed E-state index contributed by atoms with van der Waals surface area (Å²) >= 11 is 0. The van der Waals surface area contributed by atoms with Crippen molar-refractivity contribution in [1.82, 2.24) is 19.5 Å². The lowest BCUT2D eigenvalue weighted by Crippen LogP contribution is -2.20. The third-order valence-electron chi connectivity index (χ3n) is 6.20. The van der Waals surface area contributed by atoms with E-state index in [2.05, 4.69) is 20.6 Å². The number of aldehydes is 1. The maximum absolute atomic E-state index is 14.4. The van der Waals surface area contributed by atoms with Crippen molar-refractivity contribution in [1.29, 1.82) is 0 Å². The highest BCUT2D eigenvalue weighted by Gasteiger charge is 2.27. The molecule has 2 N–H and O–H groups in total. The van der Waals surface area contributed by atoms with Gasteiger partial charge in [0.2, 0.25) is 11.9 Å². The van der Waals surface area contributed by atoms with Crippen LogP contribution in [0, 0.1) is 11.7 Å². The van der Waals surface area contributed by atoms with Crippen LogP contribution in [0.1, 0.15) is 31.7 Å². The van der Waals surface area contributed by atoms with Crippen LogP contribution in [-0.4, -0.2) is 32.9 Å². The van der Waals surface area contributed by atoms with Crippen molar-refractivity contribution >= 4 is 40.7 Å². The van der Waals surface area contributed by atoms with Gasteiger partial charge in [0, 0.05) is 17.6 Å². The molecule has 0 atom stereocenters. The van der Waals surface area contributed by atoms with Crippen molar-refractivity contribution in [2.75, 3.05) is 17.7 Å². The number of rotatable bonds is 7. The van der Waals surface area contributed by atoms with Gasteiger partial charge in [-0.1, -0.05) is 12.1 Å². The molecule has 174 valence electrons. The molecular weight excluding hydrogens is 435 g/mol. The summed E-state index contributed by atoms with van der Waals surface area (Å²) in [7, 11) is 1.62. The molecule has 2 heterocycles. The first-order valence-electron chi connectivity index (χ1n) is 11.3. The van der Waals surface area contributed by atoms with Crippen molar-refractivity contribution in [3.8, 4) is 5.75 Å². The minimum Gasteiger partial charge on any atom is -0.497 e. The molecule has 34 heavy (non-hydrogen) atoms. The van der Waals surface area contributed by atoms with Crippen LogP contribution >= 0.6 is 0 Å². The van der Waals surface area contributed by atoms with Gasteiger partial charge in [-0.05, 0) is 62.1 Å². The Morgan fingerprint density at radius 3 is 2.50 bits per heavy atom. The number of hydrogen-bond acceptors (Lipinski definition) is 7. The van der Waals surface area contributed by atoms with Gasteiger partial charge in [0.25, 0.3) is 0 Å². The van der Waals surface area contributed by atoms with Crippen LogP contribution in [0.5, 0.6) is 5.75 Å². The van der Waals surface area contributed by atoms with E-state index in [9.17, 15) is 9.18 Å². The molecule has 2 aromatic heterocycles. The number of halogens is 1. The summed E-state index contributed by atoms with van der Waals surface area (Å²) in [6, 6.07) is 14.0. The molecular formula is C25H25FN6O2. The van der Waals surface area contributed by atoms with Crippen molar-refractivity contribution in [2.45, 2.75) is 31.7 Å². The first-order valence-corrected chi connectivity index (χ1v) is 11.3. The first-order chi connectivity index (χ1) is 16.6. The number of ether oxygens (including phenoxy) is 1. The van der Waals surface area contributed by atoms with E-state index in [1.807, 2.05) is 28.8 Å². The maximum atomic E-state index is 14.4. The average Bonchev–Trinajstić information content (AvgIpc) is 3.23. The van der Waals surface area contributed by atoms with Gasteiger partial charge in [0.1, 0.15) is 23.4 Å². The van der Waals surface area contributed by atoms with Crippen LogP contribution < -0.4 is 15.4 Å². The van der Waals surface area contributed by atoms with Crippen LogP contribution in [0.15, 0.2) is 54.7 Å². The molecule has 1 aliphatic carbocycles. The third-order valence-corrected chi connectivity index (χ3v) is 6.20. The molecule has 0 bridgehead atoms. The Balaban J connectivity index is 1.52. The number of aromatic nitrogens is 4. The van der Waals surface area contributed by atoms with Crippen LogP contribution in [0.3, 0.4) is 0 Å². The fourth-order valence-corrected chi connectivity index (χ4v) is 4.37. The Morgan fingerprint density at radius 2 is 1.79 bits per heavy atom. The zero-order valence-electron chi connectivity index (χ0n) is 18.7. The molecule has 9 heteroatoms. The molecule has 4 aromatic rings. The highest BCUT2D eigenvalue weighted by atomic mass is 19.1. The van der Waals surface area contributed by atoms with Gasteiger partial charge in [-0.2, -0.15) is 4.98 Å². The molecule has 1 aliphatic rings. The number of imidazole rings is 1. The number of para-hydroxylation sites is 1. The summed E-state index contributed by atoms with van der Waals surface area (Å²) in [5.74, 6) is 1.41. The average molecular weight is 461 g/mol. The van der Waals surface area contributed by atoms with E-state index in [0.29, 0.717) is 28.7 Å². The largest absolute Gasteiger partial charge is 0.497 e. The molecule has 0 spiro atoms. The van der Waals surface area contributed by atoms with Gasteiger partial charge in [0.05, 0.1) is 19.0 Å². The van der Waals surface area contributed by atoms with E-state index in [1.165, 1.54) is 6.07 Å². The SMILES string of the molecule is COc1ccc(Nc2ncc3nc(Nc4ccccc4F)n(C4CCC(C=O)CC4)c3n2)cc1. The van der Waals surface area contributed by atoms with Gasteiger partial charge in [-0.25, -0.2) is 14.4 Å². The summed E-state index contributed by atoms with van der Waals surface area (Å²) in [6.07, 6.45) is 5.93. The van der Waals surface area contributed by atoms with E-state index >= 15 is 0 Å². The normalized spacial score (nSPS) is 17.9. The quantitative estimate of drug-likeness (QED) is 0.357. The summed E-state index contributed by atoms with van der Waals surface area (Å²) in [6.45, 7) is 0. The van der Waals surface area contributed by atoms with E-state index in [-0.39, 0.29) is 17.8 Å². The topological polar surface area (TPSA) is 94.0 Å². The monoisotopic (exact) mass is 460 g/mol. The number of anilines is 4. The second-order valence-corrected chi connectivity index (χ2v) is 8.37. The van der Waals surface area contributed by atoms with Gasteiger partial charge >= 0.3 is 0 Å². The second kappa shape index (κ2) is 9.46. The minimum absolute atomic E-state index is 0.0796. The van der Waals surface area contributed by atoms with Crippen molar-refractivity contribution in [3.05, 3.63) is 60.5 Å². The Bertz CT molecular complexity index is 1300. The zero-order chi connectivity index (χ0) is 23.5. The summed E-state index contributed by atoms with van der Waals surface area (Å²) in [5.41, 5.74) is 2.42. The maximum Gasteiger partial charge on any atom is 0.229 e. The highest BCUT2D eigenvalue weighted by Crippen LogP contribution is 2.36.